The average molecular weight is 891 g/mol. The average Bonchev–Trinajstić information content (AvgIpc) is 3.78. The van der Waals surface area contributed by atoms with E-state index >= 15 is 0 Å². The number of hydrogen-bond acceptors (Lipinski definition) is 16. The SMILES string of the molecule is CC(C)(O/N=C(\C(=O)N[C@@H]1C(=O)N2C[C@@](C(=O)O)(N3CCN(NC(=O)CCNC(=O)C(=O)c4ccc(O)c(O)c4Cl)C3=O)S[C@H]12)c1nc(N)sc1Br)C(=O)O. The number of fused-ring (bicyclic) bond motifs is 1. The third kappa shape index (κ3) is 7.76. The maximum Gasteiger partial charge on any atom is 0.350 e. The van der Waals surface area contributed by atoms with Crippen LogP contribution in [0, 0.1) is 0 Å². The molecule has 1 aromatic heterocycles. The first-order chi connectivity index (χ1) is 25.7. The summed E-state index contributed by atoms with van der Waals surface area (Å²) in [6, 6.07) is -0.278. The highest BCUT2D eigenvalue weighted by molar-refractivity contribution is 9.11. The molecule has 3 aliphatic heterocycles. The molecule has 3 atom stereocenters. The number of benzene rings is 1. The Morgan fingerprint density at radius 2 is 1.84 bits per heavy atom. The molecule has 0 saturated carbocycles. The zero-order valence-electron chi connectivity index (χ0n) is 28.2. The molecule has 2 aromatic rings. The van der Waals surface area contributed by atoms with E-state index in [0.29, 0.717) is 11.8 Å². The first-order valence-electron chi connectivity index (χ1n) is 15.6. The summed E-state index contributed by atoms with van der Waals surface area (Å²) in [5.74, 6) is -9.18. The van der Waals surface area contributed by atoms with Crippen LogP contribution in [0.4, 0.5) is 9.93 Å². The number of oxime groups is 1. The van der Waals surface area contributed by atoms with E-state index < -0.39 is 110 Å². The molecule has 294 valence electrons. The number of nitrogen functional groups attached to an aromatic ring is 1. The lowest BCUT2D eigenvalue weighted by Crippen LogP contribution is -2.68. The number of carbonyl (C=O) groups excluding carboxylic acids is 6. The number of aromatic nitrogens is 1. The Hall–Kier alpha value is -5.40. The van der Waals surface area contributed by atoms with Gasteiger partial charge < -0.3 is 46.5 Å². The van der Waals surface area contributed by atoms with Gasteiger partial charge in [-0.2, -0.15) is 0 Å². The molecule has 5 rings (SSSR count). The number of aliphatic carboxylic acids is 2. The van der Waals surface area contributed by atoms with E-state index in [0.717, 1.165) is 38.3 Å². The van der Waals surface area contributed by atoms with Gasteiger partial charge in [0.25, 0.3) is 17.6 Å². The summed E-state index contributed by atoms with van der Waals surface area (Å²) in [4.78, 5) is 111. The Morgan fingerprint density at radius 3 is 2.45 bits per heavy atom. The van der Waals surface area contributed by atoms with Gasteiger partial charge in [-0.25, -0.2) is 24.4 Å². The van der Waals surface area contributed by atoms with Crippen molar-refractivity contribution in [2.45, 2.75) is 42.2 Å². The summed E-state index contributed by atoms with van der Waals surface area (Å²) in [7, 11) is 0. The standard InChI is InChI=1S/C29H29BrClN9O13S2/c1-28(2,24(48)49)53-37-15(14-19(30)54-26(32)35-14)20(45)34-16-22(47)38-9-29(25(50)51,55-23(16)38)39-7-8-40(27(39)52)36-12(42)5-6-33-21(46)17(43)10-3-4-11(41)18(44)13(10)31/h3-4,16,23,41,44H,5-9H2,1-2H3,(H2,32,35)(H,33,46)(H,34,45)(H,36,42)(H,48,49)(H,50,51)/b37-15-/t16-,23-,29-/m1/s1. The number of anilines is 1. The first kappa shape index (κ1) is 40.8. The van der Waals surface area contributed by atoms with Crippen molar-refractivity contribution in [1.29, 1.82) is 0 Å². The van der Waals surface area contributed by atoms with Gasteiger partial charge in [0.2, 0.25) is 22.3 Å². The molecule has 22 nitrogen and oxygen atoms in total. The number of urea groups is 1. The van der Waals surface area contributed by atoms with Crippen LogP contribution in [0.25, 0.3) is 0 Å². The predicted octanol–water partition coefficient (Wildman–Crippen LogP) is -0.525. The highest BCUT2D eigenvalue weighted by atomic mass is 79.9. The highest BCUT2D eigenvalue weighted by Crippen LogP contribution is 2.49. The normalized spacial score (nSPS) is 20.8. The Morgan fingerprint density at radius 1 is 1.15 bits per heavy atom. The van der Waals surface area contributed by atoms with Crippen LogP contribution in [-0.4, -0.2) is 141 Å². The fraction of sp³-hybridized carbons (Fsp3) is 0.379. The van der Waals surface area contributed by atoms with Gasteiger partial charge in [0.05, 0.1) is 23.7 Å². The van der Waals surface area contributed by atoms with Gasteiger partial charge in [0.15, 0.2) is 22.3 Å². The molecule has 6 amide bonds. The molecule has 0 bridgehead atoms. The van der Waals surface area contributed by atoms with Gasteiger partial charge in [-0.05, 0) is 41.9 Å². The van der Waals surface area contributed by atoms with E-state index in [1.807, 2.05) is 0 Å². The topological polar surface area (TPSA) is 324 Å². The number of thioether (sulfide) groups is 1. The number of thiazole rings is 1. The highest BCUT2D eigenvalue weighted by Gasteiger charge is 2.66. The number of carboxylic acids is 2. The number of rotatable bonds is 14. The molecule has 3 saturated heterocycles. The summed E-state index contributed by atoms with van der Waals surface area (Å²) < 4.78 is 0.235. The molecule has 26 heteroatoms. The number of carbonyl (C=O) groups is 8. The second-order valence-electron chi connectivity index (χ2n) is 12.3. The molecule has 0 unspecified atom stereocenters. The number of hydrazine groups is 1. The summed E-state index contributed by atoms with van der Waals surface area (Å²) in [5.41, 5.74) is 5.11. The molecule has 0 aliphatic carbocycles. The van der Waals surface area contributed by atoms with Crippen LogP contribution in [0.3, 0.4) is 0 Å². The fourth-order valence-corrected chi connectivity index (χ4v) is 8.49. The van der Waals surface area contributed by atoms with Crippen LogP contribution in [-0.2, 0) is 33.6 Å². The number of nitrogens with zero attached hydrogens (tertiary/aromatic N) is 5. The number of amides is 6. The lowest BCUT2D eigenvalue weighted by atomic mass is 10.1. The number of phenolic OH excluding ortho intramolecular Hbond substituents is 2. The Bertz CT molecular complexity index is 2070. The molecule has 0 spiro atoms. The third-order valence-corrected chi connectivity index (χ3v) is 11.9. The van der Waals surface area contributed by atoms with Gasteiger partial charge in [-0.15, -0.1) is 0 Å². The molecule has 1 aromatic carbocycles. The van der Waals surface area contributed by atoms with E-state index in [1.54, 1.807) is 0 Å². The van der Waals surface area contributed by atoms with Crippen LogP contribution in [0.5, 0.6) is 11.5 Å². The minimum Gasteiger partial charge on any atom is -0.504 e. The first-order valence-corrected chi connectivity index (χ1v) is 18.4. The van der Waals surface area contributed by atoms with E-state index in [-0.39, 0.29) is 34.2 Å². The van der Waals surface area contributed by atoms with Crippen LogP contribution in [0.1, 0.15) is 36.3 Å². The molecular formula is C29H29BrClN9O13S2. The van der Waals surface area contributed by atoms with E-state index in [2.05, 4.69) is 42.1 Å². The monoisotopic (exact) mass is 889 g/mol. The number of hydrogen-bond donors (Lipinski definition) is 8. The van der Waals surface area contributed by atoms with Gasteiger partial charge in [-0.1, -0.05) is 39.9 Å². The lowest BCUT2D eigenvalue weighted by Gasteiger charge is -2.41. The summed E-state index contributed by atoms with van der Waals surface area (Å²) in [5, 5.41) is 46.6. The zero-order chi connectivity index (χ0) is 40.7. The third-order valence-electron chi connectivity index (χ3n) is 8.27. The number of aromatic hydroxyl groups is 2. The maximum atomic E-state index is 13.5. The largest absolute Gasteiger partial charge is 0.504 e. The minimum absolute atomic E-state index is 0.0161. The number of halogens is 2. The smallest absolute Gasteiger partial charge is 0.350 e. The van der Waals surface area contributed by atoms with Crippen LogP contribution >= 0.6 is 50.6 Å². The number of phenols is 2. The van der Waals surface area contributed by atoms with E-state index in [1.165, 1.54) is 13.8 Å². The molecule has 9 N–H and O–H groups in total. The van der Waals surface area contributed by atoms with Crippen molar-refractivity contribution in [3.8, 4) is 11.5 Å². The van der Waals surface area contributed by atoms with Gasteiger partial charge in [0, 0.05) is 19.5 Å². The van der Waals surface area contributed by atoms with Crippen molar-refractivity contribution in [2.75, 3.05) is 31.9 Å². The predicted molar refractivity (Wildman–Crippen MR) is 193 cm³/mol. The van der Waals surface area contributed by atoms with E-state index in [4.69, 9.17) is 22.2 Å². The van der Waals surface area contributed by atoms with Gasteiger partial charge in [0.1, 0.15) is 20.9 Å². The lowest BCUT2D eigenvalue weighted by molar-refractivity contribution is -0.161. The molecule has 4 heterocycles. The Labute approximate surface area is 330 Å². The Balaban J connectivity index is 1.21. The number of nitrogens with one attached hydrogen (secondary N) is 3. The summed E-state index contributed by atoms with van der Waals surface area (Å²) in [6.07, 6.45) is -0.434. The van der Waals surface area contributed by atoms with Crippen molar-refractivity contribution >= 4 is 109 Å². The van der Waals surface area contributed by atoms with Gasteiger partial charge >= 0.3 is 18.0 Å². The van der Waals surface area contributed by atoms with Crippen LogP contribution < -0.4 is 21.8 Å². The number of ketones is 1. The molecule has 0 radical (unpaired) electrons. The summed E-state index contributed by atoms with van der Waals surface area (Å²) >= 11 is 10.6. The Kier molecular flexibility index (Phi) is 11.4. The molecule has 3 fully saturated rings. The second-order valence-corrected chi connectivity index (χ2v) is 16.4. The van der Waals surface area contributed by atoms with Crippen molar-refractivity contribution in [2.24, 2.45) is 5.16 Å². The number of β-lactam (4-membered cyclic amide) rings is 1. The van der Waals surface area contributed by atoms with Crippen LogP contribution in [0.2, 0.25) is 5.02 Å². The van der Waals surface area contributed by atoms with Crippen molar-refractivity contribution in [3.05, 3.63) is 32.2 Å². The number of Topliss-reactive ketones (excluding diaryl/α,β-unsaturated/α-hetero) is 1. The van der Waals surface area contributed by atoms with Crippen molar-refractivity contribution < 1.29 is 63.6 Å². The van der Waals surface area contributed by atoms with Crippen LogP contribution in [0.15, 0.2) is 21.1 Å². The molecule has 3 aliphatic rings. The van der Waals surface area contributed by atoms with Crippen molar-refractivity contribution in [3.63, 3.8) is 0 Å². The van der Waals surface area contributed by atoms with Gasteiger partial charge in [-0.3, -0.25) is 34.3 Å². The van der Waals surface area contributed by atoms with E-state index in [9.17, 15) is 58.8 Å². The number of nitrogens with two attached hydrogens (primary N) is 1. The maximum absolute atomic E-state index is 13.5. The quantitative estimate of drug-likeness (QED) is 0.0295. The van der Waals surface area contributed by atoms with Crippen molar-refractivity contribution in [1.82, 2.24) is 35.9 Å². The zero-order valence-corrected chi connectivity index (χ0v) is 32.2. The molecular weight excluding hydrogens is 862 g/mol. The molecule has 55 heavy (non-hydrogen) atoms. The second kappa shape index (κ2) is 15.4. The fourth-order valence-electron chi connectivity index (χ4n) is 5.27. The minimum atomic E-state index is -2.05. The summed E-state index contributed by atoms with van der Waals surface area (Å²) in [6.45, 7) is 1.11. The number of carboxylic acid groups (broad SMARTS) is 2.